The predicted molar refractivity (Wildman–Crippen MR) is 59.5 cm³/mol. The Kier molecular flexibility index (Phi) is 4.40. The molecule has 0 spiro atoms. The van der Waals surface area contributed by atoms with Crippen LogP contribution < -0.4 is 10.4 Å². The highest BCUT2D eigenvalue weighted by Gasteiger charge is 2.07. The van der Waals surface area contributed by atoms with Crippen molar-refractivity contribution < 1.29 is 9.15 Å². The topological polar surface area (TPSA) is 39.4 Å². The largest absolute Gasteiger partial charge is 0.496 e. The van der Waals surface area contributed by atoms with Gasteiger partial charge >= 0.3 is 5.63 Å². The lowest BCUT2D eigenvalue weighted by atomic mass is 10.1. The first-order valence-electron chi connectivity index (χ1n) is 5.36. The highest BCUT2D eigenvalue weighted by Crippen LogP contribution is 2.16. The summed E-state index contributed by atoms with van der Waals surface area (Å²) in [6, 6.07) is 1.81. The van der Waals surface area contributed by atoms with Crippen LogP contribution in [-0.4, -0.2) is 7.11 Å². The Morgan fingerprint density at radius 1 is 1.40 bits per heavy atom. The van der Waals surface area contributed by atoms with E-state index in [-0.39, 0.29) is 5.63 Å². The molecule has 0 bridgehead atoms. The van der Waals surface area contributed by atoms with Crippen molar-refractivity contribution >= 4 is 0 Å². The first-order chi connectivity index (χ1) is 7.19. The van der Waals surface area contributed by atoms with Crippen molar-refractivity contribution in [2.45, 2.75) is 39.5 Å². The van der Waals surface area contributed by atoms with Crippen molar-refractivity contribution in [3.63, 3.8) is 0 Å². The molecule has 0 aromatic carbocycles. The summed E-state index contributed by atoms with van der Waals surface area (Å²) in [6.07, 6.45) is 4.17. The average molecular weight is 210 g/mol. The molecule has 1 aromatic rings. The van der Waals surface area contributed by atoms with Gasteiger partial charge in [-0.05, 0) is 13.3 Å². The van der Waals surface area contributed by atoms with E-state index in [1.807, 2.05) is 6.07 Å². The molecule has 1 rings (SSSR count). The minimum atomic E-state index is -0.291. The summed E-state index contributed by atoms with van der Waals surface area (Å²) in [5.74, 6) is 1.34. The molecule has 0 amide bonds. The third-order valence-corrected chi connectivity index (χ3v) is 2.44. The van der Waals surface area contributed by atoms with E-state index < -0.39 is 0 Å². The molecule has 0 atom stereocenters. The molecule has 0 fully saturated rings. The van der Waals surface area contributed by atoms with Gasteiger partial charge < -0.3 is 9.15 Å². The maximum atomic E-state index is 11.4. The lowest BCUT2D eigenvalue weighted by Crippen LogP contribution is -2.07. The fourth-order valence-corrected chi connectivity index (χ4v) is 1.46. The lowest BCUT2D eigenvalue weighted by Gasteiger charge is -2.05. The summed E-state index contributed by atoms with van der Waals surface area (Å²) >= 11 is 0. The monoisotopic (exact) mass is 210 g/mol. The Morgan fingerprint density at radius 3 is 2.73 bits per heavy atom. The number of rotatable bonds is 5. The molecule has 0 aliphatic heterocycles. The molecular weight excluding hydrogens is 192 g/mol. The number of aryl methyl sites for hydroxylation is 1. The van der Waals surface area contributed by atoms with Gasteiger partial charge in [-0.25, -0.2) is 4.79 Å². The molecule has 0 unspecified atom stereocenters. The molecule has 0 N–H and O–H groups in total. The van der Waals surface area contributed by atoms with Crippen molar-refractivity contribution in [3.05, 3.63) is 27.8 Å². The molecule has 15 heavy (non-hydrogen) atoms. The molecule has 1 heterocycles. The van der Waals surface area contributed by atoms with Crippen LogP contribution in [0.25, 0.3) is 0 Å². The second-order valence-corrected chi connectivity index (χ2v) is 3.65. The van der Waals surface area contributed by atoms with Crippen LogP contribution in [0.3, 0.4) is 0 Å². The minimum absolute atomic E-state index is 0.291. The van der Waals surface area contributed by atoms with Gasteiger partial charge in [0.1, 0.15) is 11.5 Å². The quantitative estimate of drug-likeness (QED) is 0.701. The van der Waals surface area contributed by atoms with E-state index in [1.54, 1.807) is 14.0 Å². The van der Waals surface area contributed by atoms with Gasteiger partial charge in [-0.1, -0.05) is 19.8 Å². The molecule has 0 radical (unpaired) electrons. The number of hydrogen-bond acceptors (Lipinski definition) is 3. The number of hydrogen-bond donors (Lipinski definition) is 0. The highest BCUT2D eigenvalue weighted by atomic mass is 16.5. The van der Waals surface area contributed by atoms with Crippen molar-refractivity contribution in [2.75, 3.05) is 7.11 Å². The molecule has 3 heteroatoms. The van der Waals surface area contributed by atoms with Crippen LogP contribution in [0, 0.1) is 6.92 Å². The van der Waals surface area contributed by atoms with Crippen molar-refractivity contribution in [2.24, 2.45) is 0 Å². The summed E-state index contributed by atoms with van der Waals surface area (Å²) in [4.78, 5) is 11.4. The van der Waals surface area contributed by atoms with Gasteiger partial charge in [-0.15, -0.1) is 0 Å². The summed E-state index contributed by atoms with van der Waals surface area (Å²) in [5, 5.41) is 0. The Hall–Kier alpha value is -1.25. The Labute approximate surface area is 90.1 Å². The van der Waals surface area contributed by atoms with E-state index in [2.05, 4.69) is 6.92 Å². The lowest BCUT2D eigenvalue weighted by molar-refractivity contribution is 0.385. The van der Waals surface area contributed by atoms with Crippen LogP contribution in [0.1, 0.15) is 37.5 Å². The van der Waals surface area contributed by atoms with Crippen molar-refractivity contribution in [1.82, 2.24) is 0 Å². The van der Waals surface area contributed by atoms with Gasteiger partial charge in [0.25, 0.3) is 0 Å². The second-order valence-electron chi connectivity index (χ2n) is 3.65. The number of ether oxygens (including phenoxy) is 1. The van der Waals surface area contributed by atoms with Crippen LogP contribution in [0.15, 0.2) is 15.3 Å². The normalized spacial score (nSPS) is 10.3. The molecule has 3 nitrogen and oxygen atoms in total. The summed E-state index contributed by atoms with van der Waals surface area (Å²) in [7, 11) is 1.57. The smallest absolute Gasteiger partial charge is 0.342 e. The maximum absolute atomic E-state index is 11.4. The van der Waals surface area contributed by atoms with Crippen LogP contribution >= 0.6 is 0 Å². The predicted octanol–water partition coefficient (Wildman–Crippen LogP) is 2.69. The molecule has 0 saturated carbocycles. The maximum Gasteiger partial charge on any atom is 0.342 e. The molecular formula is C12H18O3. The van der Waals surface area contributed by atoms with Crippen LogP contribution in [0.4, 0.5) is 0 Å². The van der Waals surface area contributed by atoms with Gasteiger partial charge in [-0.2, -0.15) is 0 Å². The summed E-state index contributed by atoms with van der Waals surface area (Å²) < 4.78 is 10.3. The Balaban J connectivity index is 2.82. The third kappa shape index (κ3) is 3.11. The van der Waals surface area contributed by atoms with Gasteiger partial charge in [0.2, 0.25) is 0 Å². The fraction of sp³-hybridized carbons (Fsp3) is 0.583. The minimum Gasteiger partial charge on any atom is -0.496 e. The van der Waals surface area contributed by atoms with E-state index in [4.69, 9.17) is 9.15 Å². The van der Waals surface area contributed by atoms with E-state index in [9.17, 15) is 4.79 Å². The van der Waals surface area contributed by atoms with E-state index >= 15 is 0 Å². The highest BCUT2D eigenvalue weighted by molar-refractivity contribution is 5.30. The number of unbranched alkanes of at least 4 members (excludes halogenated alkanes) is 2. The Bertz CT molecular complexity index is 366. The molecule has 0 aliphatic carbocycles. The fourth-order valence-electron chi connectivity index (χ4n) is 1.46. The molecule has 0 aliphatic rings. The van der Waals surface area contributed by atoms with E-state index in [1.165, 1.54) is 0 Å². The average Bonchev–Trinajstić information content (AvgIpc) is 2.23. The van der Waals surface area contributed by atoms with Gasteiger partial charge in [0.05, 0.1) is 12.7 Å². The summed E-state index contributed by atoms with van der Waals surface area (Å²) in [6.45, 7) is 3.85. The first kappa shape index (κ1) is 11.8. The molecule has 0 saturated heterocycles. The van der Waals surface area contributed by atoms with Crippen molar-refractivity contribution in [1.29, 1.82) is 0 Å². The molecule has 84 valence electrons. The SMILES string of the molecule is CCCCCc1cc(OC)c(C)c(=O)o1. The zero-order chi connectivity index (χ0) is 11.3. The number of methoxy groups -OCH3 is 1. The third-order valence-electron chi connectivity index (χ3n) is 2.44. The van der Waals surface area contributed by atoms with Gasteiger partial charge in [0.15, 0.2) is 0 Å². The Morgan fingerprint density at radius 2 is 2.13 bits per heavy atom. The molecule has 1 aromatic heterocycles. The van der Waals surface area contributed by atoms with Gasteiger partial charge in [0, 0.05) is 12.5 Å². The zero-order valence-corrected chi connectivity index (χ0v) is 9.63. The van der Waals surface area contributed by atoms with Crippen LogP contribution in [0.5, 0.6) is 5.75 Å². The summed E-state index contributed by atoms with van der Waals surface area (Å²) in [5.41, 5.74) is 0.248. The van der Waals surface area contributed by atoms with Gasteiger partial charge in [-0.3, -0.25) is 0 Å². The van der Waals surface area contributed by atoms with E-state index in [0.29, 0.717) is 11.3 Å². The van der Waals surface area contributed by atoms with Crippen LogP contribution in [-0.2, 0) is 6.42 Å². The second kappa shape index (κ2) is 5.59. The standard InChI is InChI=1S/C12H18O3/c1-4-5-6-7-10-8-11(14-3)9(2)12(13)15-10/h8H,4-7H2,1-3H3. The first-order valence-corrected chi connectivity index (χ1v) is 5.36. The van der Waals surface area contributed by atoms with Crippen molar-refractivity contribution in [3.8, 4) is 5.75 Å². The zero-order valence-electron chi connectivity index (χ0n) is 9.63. The van der Waals surface area contributed by atoms with E-state index in [0.717, 1.165) is 31.4 Å². The van der Waals surface area contributed by atoms with Crippen LogP contribution in [0.2, 0.25) is 0 Å².